The van der Waals surface area contributed by atoms with Gasteiger partial charge in [0.2, 0.25) is 0 Å². The van der Waals surface area contributed by atoms with E-state index in [4.69, 9.17) is 0 Å². The molecule has 0 spiro atoms. The molecule has 0 radical (unpaired) electrons. The Morgan fingerprint density at radius 2 is 1.83 bits per heavy atom. The highest BCUT2D eigenvalue weighted by molar-refractivity contribution is 5.26. The van der Waals surface area contributed by atoms with E-state index in [-0.39, 0.29) is 0 Å². The fourth-order valence-electron chi connectivity index (χ4n) is 2.96. The molecule has 0 amide bonds. The molecule has 0 N–H and O–H groups in total. The molecule has 102 valence electrons. The summed E-state index contributed by atoms with van der Waals surface area (Å²) < 4.78 is 0. The first kappa shape index (κ1) is 15.3. The fraction of sp³-hybridized carbons (Fsp3) is 0.667. The van der Waals surface area contributed by atoms with Crippen LogP contribution >= 0.6 is 0 Å². The third-order valence-corrected chi connectivity index (χ3v) is 4.23. The van der Waals surface area contributed by atoms with Gasteiger partial charge in [0.25, 0.3) is 0 Å². The molecule has 0 aliphatic rings. The molecule has 0 heteroatoms. The largest absolute Gasteiger partial charge is 0.0654 e. The highest BCUT2D eigenvalue weighted by Crippen LogP contribution is 2.34. The van der Waals surface area contributed by atoms with Crippen molar-refractivity contribution < 1.29 is 0 Å². The SMILES string of the molecule is CCCC(c1cccc(C)c1)C(C)CC(C)CC. The summed E-state index contributed by atoms with van der Waals surface area (Å²) in [7, 11) is 0. The van der Waals surface area contributed by atoms with E-state index in [1.165, 1.54) is 31.2 Å². The van der Waals surface area contributed by atoms with Crippen LogP contribution in [-0.2, 0) is 0 Å². The zero-order valence-corrected chi connectivity index (χ0v) is 12.9. The molecule has 1 aromatic rings. The molecular formula is C18H30. The van der Waals surface area contributed by atoms with Gasteiger partial charge in [-0.15, -0.1) is 0 Å². The van der Waals surface area contributed by atoms with Crippen LogP contribution in [0.4, 0.5) is 0 Å². The lowest BCUT2D eigenvalue weighted by molar-refractivity contribution is 0.339. The van der Waals surface area contributed by atoms with Crippen molar-refractivity contribution in [2.45, 2.75) is 66.2 Å². The first-order valence-corrected chi connectivity index (χ1v) is 7.65. The average Bonchev–Trinajstić information content (AvgIpc) is 2.35. The molecule has 0 aliphatic carbocycles. The first-order chi connectivity index (χ1) is 8.58. The molecule has 0 nitrogen and oxygen atoms in total. The van der Waals surface area contributed by atoms with Crippen LogP contribution in [0, 0.1) is 18.8 Å². The highest BCUT2D eigenvalue weighted by atomic mass is 14.2. The molecular weight excluding hydrogens is 216 g/mol. The highest BCUT2D eigenvalue weighted by Gasteiger charge is 2.20. The van der Waals surface area contributed by atoms with Crippen LogP contribution in [0.1, 0.15) is 70.4 Å². The summed E-state index contributed by atoms with van der Waals surface area (Å²) in [5.74, 6) is 2.38. The van der Waals surface area contributed by atoms with Gasteiger partial charge >= 0.3 is 0 Å². The summed E-state index contributed by atoms with van der Waals surface area (Å²) in [5, 5.41) is 0. The molecule has 3 unspecified atom stereocenters. The molecule has 18 heavy (non-hydrogen) atoms. The Morgan fingerprint density at radius 1 is 1.11 bits per heavy atom. The Hall–Kier alpha value is -0.780. The lowest BCUT2D eigenvalue weighted by Gasteiger charge is -2.26. The third kappa shape index (κ3) is 4.48. The van der Waals surface area contributed by atoms with Crippen LogP contribution in [0.5, 0.6) is 0 Å². The quantitative estimate of drug-likeness (QED) is 0.557. The number of rotatable bonds is 7. The topological polar surface area (TPSA) is 0 Å². The minimum absolute atomic E-state index is 0.740. The molecule has 0 saturated carbocycles. The number of benzene rings is 1. The smallest absolute Gasteiger partial charge is 0.0136 e. The van der Waals surface area contributed by atoms with E-state index in [0.29, 0.717) is 0 Å². The van der Waals surface area contributed by atoms with E-state index in [9.17, 15) is 0 Å². The Kier molecular flexibility index (Phi) is 6.46. The second-order valence-electron chi connectivity index (χ2n) is 6.04. The number of aryl methyl sites for hydroxylation is 1. The van der Waals surface area contributed by atoms with E-state index in [0.717, 1.165) is 17.8 Å². The van der Waals surface area contributed by atoms with Crippen LogP contribution in [0.2, 0.25) is 0 Å². The van der Waals surface area contributed by atoms with Crippen molar-refractivity contribution in [1.29, 1.82) is 0 Å². The lowest BCUT2D eigenvalue weighted by atomic mass is 9.79. The monoisotopic (exact) mass is 246 g/mol. The molecule has 0 fully saturated rings. The second-order valence-corrected chi connectivity index (χ2v) is 6.04. The number of hydrogen-bond acceptors (Lipinski definition) is 0. The molecule has 0 heterocycles. The zero-order valence-electron chi connectivity index (χ0n) is 12.9. The molecule has 0 saturated heterocycles. The maximum absolute atomic E-state index is 2.44. The zero-order chi connectivity index (χ0) is 13.5. The van der Waals surface area contributed by atoms with Gasteiger partial charge in [0, 0.05) is 0 Å². The van der Waals surface area contributed by atoms with Crippen LogP contribution < -0.4 is 0 Å². The molecule has 3 atom stereocenters. The maximum atomic E-state index is 2.44. The van der Waals surface area contributed by atoms with Crippen molar-refractivity contribution in [3.8, 4) is 0 Å². The summed E-state index contributed by atoms with van der Waals surface area (Å²) in [5.41, 5.74) is 2.94. The van der Waals surface area contributed by atoms with Crippen LogP contribution in [0.3, 0.4) is 0 Å². The molecule has 0 aromatic heterocycles. The summed E-state index contributed by atoms with van der Waals surface area (Å²) in [6.07, 6.45) is 5.26. The van der Waals surface area contributed by atoms with E-state index in [1.54, 1.807) is 5.56 Å². The van der Waals surface area contributed by atoms with Gasteiger partial charge in [-0.25, -0.2) is 0 Å². The molecule has 1 rings (SSSR count). The summed E-state index contributed by atoms with van der Waals surface area (Å²) >= 11 is 0. The van der Waals surface area contributed by atoms with Crippen molar-refractivity contribution >= 4 is 0 Å². The van der Waals surface area contributed by atoms with Gasteiger partial charge in [-0.05, 0) is 43.1 Å². The maximum Gasteiger partial charge on any atom is -0.0136 e. The van der Waals surface area contributed by atoms with E-state index in [1.807, 2.05) is 0 Å². The molecule has 0 bridgehead atoms. The summed E-state index contributed by atoms with van der Waals surface area (Å²) in [4.78, 5) is 0. The van der Waals surface area contributed by atoms with Gasteiger partial charge in [-0.2, -0.15) is 0 Å². The summed E-state index contributed by atoms with van der Waals surface area (Å²) in [6, 6.07) is 9.11. The Balaban J connectivity index is 2.81. The minimum Gasteiger partial charge on any atom is -0.0654 e. The van der Waals surface area contributed by atoms with E-state index >= 15 is 0 Å². The predicted octanol–water partition coefficient (Wildman–Crippen LogP) is 5.95. The third-order valence-electron chi connectivity index (χ3n) is 4.23. The van der Waals surface area contributed by atoms with Gasteiger partial charge in [-0.1, -0.05) is 70.4 Å². The van der Waals surface area contributed by atoms with Gasteiger partial charge in [0.05, 0.1) is 0 Å². The standard InChI is InChI=1S/C18H30/c1-6-9-18(16(5)12-14(3)7-2)17-11-8-10-15(4)13-17/h8,10-11,13-14,16,18H,6-7,9,12H2,1-5H3. The van der Waals surface area contributed by atoms with Crippen molar-refractivity contribution in [1.82, 2.24) is 0 Å². The average molecular weight is 246 g/mol. The van der Waals surface area contributed by atoms with Crippen molar-refractivity contribution in [3.05, 3.63) is 35.4 Å². The predicted molar refractivity (Wildman–Crippen MR) is 82.1 cm³/mol. The number of hydrogen-bond donors (Lipinski definition) is 0. The van der Waals surface area contributed by atoms with Crippen molar-refractivity contribution in [3.63, 3.8) is 0 Å². The summed E-state index contributed by atoms with van der Waals surface area (Å²) in [6.45, 7) is 11.6. The van der Waals surface area contributed by atoms with Crippen molar-refractivity contribution in [2.24, 2.45) is 11.8 Å². The molecule has 0 aliphatic heterocycles. The lowest BCUT2D eigenvalue weighted by Crippen LogP contribution is -2.13. The van der Waals surface area contributed by atoms with Crippen molar-refractivity contribution in [2.75, 3.05) is 0 Å². The normalized spacial score (nSPS) is 16.3. The Morgan fingerprint density at radius 3 is 2.39 bits per heavy atom. The van der Waals surface area contributed by atoms with Crippen LogP contribution in [0.25, 0.3) is 0 Å². The van der Waals surface area contributed by atoms with Gasteiger partial charge in [0.15, 0.2) is 0 Å². The van der Waals surface area contributed by atoms with Crippen LogP contribution in [0.15, 0.2) is 24.3 Å². The molecule has 1 aromatic carbocycles. The van der Waals surface area contributed by atoms with Gasteiger partial charge < -0.3 is 0 Å². The fourth-order valence-corrected chi connectivity index (χ4v) is 2.96. The van der Waals surface area contributed by atoms with Gasteiger partial charge in [-0.3, -0.25) is 0 Å². The van der Waals surface area contributed by atoms with E-state index in [2.05, 4.69) is 58.9 Å². The minimum atomic E-state index is 0.740. The van der Waals surface area contributed by atoms with E-state index < -0.39 is 0 Å². The Labute approximate surface area is 114 Å². The van der Waals surface area contributed by atoms with Crippen LogP contribution in [-0.4, -0.2) is 0 Å². The first-order valence-electron chi connectivity index (χ1n) is 7.65. The Bertz CT molecular complexity index is 340. The second kappa shape index (κ2) is 7.61. The van der Waals surface area contributed by atoms with Gasteiger partial charge in [0.1, 0.15) is 0 Å².